The number of aliphatic imine (C=N–C) groups is 1. The van der Waals surface area contributed by atoms with Gasteiger partial charge in [0, 0.05) is 22.9 Å². The minimum absolute atomic E-state index is 0.230. The van der Waals surface area contributed by atoms with Gasteiger partial charge in [0.1, 0.15) is 35.8 Å². The number of morpholine rings is 1. The van der Waals surface area contributed by atoms with Gasteiger partial charge in [0.05, 0.1) is 32.9 Å². The monoisotopic (exact) mass is 385 g/mol. The van der Waals surface area contributed by atoms with E-state index in [4.69, 9.17) is 9.47 Å². The van der Waals surface area contributed by atoms with Crippen LogP contribution < -0.4 is 9.64 Å². The third-order valence-electron chi connectivity index (χ3n) is 4.73. The number of aromatic nitrogens is 1. The van der Waals surface area contributed by atoms with Crippen LogP contribution in [0.5, 0.6) is 5.75 Å². The molecule has 0 radical (unpaired) electrons. The van der Waals surface area contributed by atoms with Crippen LogP contribution in [0.2, 0.25) is 0 Å². The van der Waals surface area contributed by atoms with E-state index >= 15 is 0 Å². The van der Waals surface area contributed by atoms with Gasteiger partial charge < -0.3 is 14.4 Å². The Labute approximate surface area is 164 Å². The first-order chi connectivity index (χ1) is 13.2. The summed E-state index contributed by atoms with van der Waals surface area (Å²) in [6.07, 6.45) is 1.74. The van der Waals surface area contributed by atoms with Gasteiger partial charge in [-0.1, -0.05) is 0 Å². The van der Waals surface area contributed by atoms with Crippen LogP contribution >= 0.6 is 11.3 Å². The molecule has 27 heavy (non-hydrogen) atoms. The van der Waals surface area contributed by atoms with Gasteiger partial charge in [0.25, 0.3) is 0 Å². The van der Waals surface area contributed by atoms with Crippen molar-refractivity contribution in [3.63, 3.8) is 0 Å². The Hall–Kier alpha value is -2.27. The second-order valence-electron chi connectivity index (χ2n) is 6.54. The number of ether oxygens (including phenoxy) is 2. The number of nitrogens with zero attached hydrogens (tertiary/aromatic N) is 3. The molecule has 3 rings (SSSR count). The van der Waals surface area contributed by atoms with Crippen LogP contribution in [0.25, 0.3) is 0 Å². The standard InChI is InChI=1S/C20H24N4O2S/c1-15-14-27-20(23-15)17(11-21)12-22-13-19(24-7-9-26-10-8-24)16-3-5-18(25-2)6-4-16/h3-6,12,14,17,19H,7-10,13H2,1-2H3/p+1/t17-,19+/m0/s1. The summed E-state index contributed by atoms with van der Waals surface area (Å²) in [5.41, 5.74) is 2.17. The van der Waals surface area contributed by atoms with Gasteiger partial charge in [-0.3, -0.25) is 4.99 Å². The van der Waals surface area contributed by atoms with E-state index in [1.807, 2.05) is 24.4 Å². The van der Waals surface area contributed by atoms with E-state index in [-0.39, 0.29) is 12.0 Å². The summed E-state index contributed by atoms with van der Waals surface area (Å²) in [7, 11) is 1.67. The fourth-order valence-electron chi connectivity index (χ4n) is 3.23. The molecule has 1 aliphatic heterocycles. The highest BCUT2D eigenvalue weighted by atomic mass is 32.1. The largest absolute Gasteiger partial charge is 0.497 e. The summed E-state index contributed by atoms with van der Waals surface area (Å²) < 4.78 is 10.8. The molecule has 2 aromatic rings. The molecule has 0 amide bonds. The lowest BCUT2D eigenvalue weighted by Crippen LogP contribution is -3.14. The molecule has 2 atom stereocenters. The first-order valence-corrected chi connectivity index (χ1v) is 9.97. The van der Waals surface area contributed by atoms with Crippen LogP contribution in [-0.2, 0) is 4.74 Å². The second kappa shape index (κ2) is 9.60. The Morgan fingerprint density at radius 1 is 1.37 bits per heavy atom. The Morgan fingerprint density at radius 3 is 2.70 bits per heavy atom. The average Bonchev–Trinajstić information content (AvgIpc) is 3.15. The van der Waals surface area contributed by atoms with Crippen molar-refractivity contribution in [2.24, 2.45) is 4.99 Å². The molecule has 0 spiro atoms. The molecule has 0 saturated carbocycles. The molecule has 7 heteroatoms. The normalized spacial score (nSPS) is 17.5. The van der Waals surface area contributed by atoms with Crippen molar-refractivity contribution in [1.29, 1.82) is 5.26 Å². The summed E-state index contributed by atoms with van der Waals surface area (Å²) in [6, 6.07) is 10.7. The molecule has 1 aromatic heterocycles. The maximum absolute atomic E-state index is 9.47. The van der Waals surface area contributed by atoms with Gasteiger partial charge in [0.15, 0.2) is 0 Å². The summed E-state index contributed by atoms with van der Waals surface area (Å²) in [5, 5.41) is 12.2. The van der Waals surface area contributed by atoms with Crippen LogP contribution in [0, 0.1) is 18.3 Å². The number of nitrogens with one attached hydrogen (secondary N) is 1. The minimum atomic E-state index is -0.389. The molecule has 6 nitrogen and oxygen atoms in total. The highest BCUT2D eigenvalue weighted by Gasteiger charge is 2.26. The molecule has 1 aliphatic rings. The number of nitriles is 1. The number of aryl methyl sites for hydroxylation is 1. The molecule has 1 fully saturated rings. The third-order valence-corrected chi connectivity index (χ3v) is 5.78. The first kappa shape index (κ1) is 19.5. The predicted molar refractivity (Wildman–Crippen MR) is 106 cm³/mol. The summed E-state index contributed by atoms with van der Waals surface area (Å²) in [6.45, 7) is 6.02. The van der Waals surface area contributed by atoms with Crippen LogP contribution in [-0.4, -0.2) is 51.2 Å². The van der Waals surface area contributed by atoms with E-state index in [9.17, 15) is 5.26 Å². The average molecular weight is 386 g/mol. The van der Waals surface area contributed by atoms with Crippen molar-refractivity contribution in [1.82, 2.24) is 4.98 Å². The number of thiazole rings is 1. The summed E-state index contributed by atoms with van der Waals surface area (Å²) in [4.78, 5) is 10.5. The Morgan fingerprint density at radius 2 is 2.11 bits per heavy atom. The third kappa shape index (κ3) is 5.13. The summed E-state index contributed by atoms with van der Waals surface area (Å²) in [5.74, 6) is 0.460. The second-order valence-corrected chi connectivity index (χ2v) is 7.43. The van der Waals surface area contributed by atoms with Gasteiger partial charge in [-0.15, -0.1) is 11.3 Å². The zero-order chi connectivity index (χ0) is 19.1. The molecule has 0 unspecified atom stereocenters. The SMILES string of the molecule is COc1ccc([C@@H](CN=C[C@H](C#N)c2nc(C)cs2)[NH+]2CCOCC2)cc1. The molecule has 2 heterocycles. The first-order valence-electron chi connectivity index (χ1n) is 9.09. The molecule has 0 aliphatic carbocycles. The van der Waals surface area contributed by atoms with Crippen molar-refractivity contribution < 1.29 is 14.4 Å². The lowest BCUT2D eigenvalue weighted by atomic mass is 10.0. The van der Waals surface area contributed by atoms with E-state index in [1.54, 1.807) is 13.3 Å². The number of rotatable bonds is 7. The zero-order valence-electron chi connectivity index (χ0n) is 15.7. The minimum Gasteiger partial charge on any atom is -0.497 e. The number of hydrogen-bond acceptors (Lipinski definition) is 6. The van der Waals surface area contributed by atoms with Crippen LogP contribution in [0.3, 0.4) is 0 Å². The highest BCUT2D eigenvalue weighted by Crippen LogP contribution is 2.19. The Bertz CT molecular complexity index is 791. The smallest absolute Gasteiger partial charge is 0.133 e. The fraction of sp³-hybridized carbons (Fsp3) is 0.450. The van der Waals surface area contributed by atoms with Crippen molar-refractivity contribution in [3.05, 3.63) is 45.9 Å². The maximum Gasteiger partial charge on any atom is 0.133 e. The quantitative estimate of drug-likeness (QED) is 0.738. The lowest BCUT2D eigenvalue weighted by Gasteiger charge is -2.31. The van der Waals surface area contributed by atoms with Gasteiger partial charge in [0.2, 0.25) is 0 Å². The topological polar surface area (TPSA) is 71.9 Å². The fourth-order valence-corrected chi connectivity index (χ4v) is 4.03. The van der Waals surface area contributed by atoms with Crippen LogP contribution in [0.4, 0.5) is 0 Å². The van der Waals surface area contributed by atoms with Gasteiger partial charge in [-0.25, -0.2) is 4.98 Å². The zero-order valence-corrected chi connectivity index (χ0v) is 16.5. The van der Waals surface area contributed by atoms with Gasteiger partial charge in [-0.2, -0.15) is 5.26 Å². The van der Waals surface area contributed by atoms with E-state index in [2.05, 4.69) is 28.2 Å². The number of benzene rings is 1. The molecular formula is C20H25N4O2S+. The van der Waals surface area contributed by atoms with E-state index < -0.39 is 0 Å². The molecule has 142 valence electrons. The van der Waals surface area contributed by atoms with Crippen LogP contribution in [0.15, 0.2) is 34.6 Å². The number of methoxy groups -OCH3 is 1. The molecule has 1 N–H and O–H groups in total. The highest BCUT2D eigenvalue weighted by molar-refractivity contribution is 7.09. The molecule has 1 aromatic carbocycles. The van der Waals surface area contributed by atoms with Crippen molar-refractivity contribution in [2.45, 2.75) is 18.9 Å². The van der Waals surface area contributed by atoms with Gasteiger partial charge in [-0.05, 0) is 31.2 Å². The van der Waals surface area contributed by atoms with E-state index in [0.29, 0.717) is 6.54 Å². The van der Waals surface area contributed by atoms with Crippen molar-refractivity contribution in [3.8, 4) is 11.8 Å². The number of quaternary nitrogens is 1. The van der Waals surface area contributed by atoms with Crippen LogP contribution in [0.1, 0.15) is 28.2 Å². The molecule has 1 saturated heterocycles. The van der Waals surface area contributed by atoms with E-state index in [0.717, 1.165) is 42.8 Å². The summed E-state index contributed by atoms with van der Waals surface area (Å²) >= 11 is 1.51. The van der Waals surface area contributed by atoms with E-state index in [1.165, 1.54) is 21.8 Å². The van der Waals surface area contributed by atoms with Crippen molar-refractivity contribution >= 4 is 17.6 Å². The van der Waals surface area contributed by atoms with Gasteiger partial charge >= 0.3 is 0 Å². The molecule has 0 bridgehead atoms. The number of hydrogen-bond donors (Lipinski definition) is 1. The predicted octanol–water partition coefficient (Wildman–Crippen LogP) is 1.79. The Kier molecular flexibility index (Phi) is 6.93. The van der Waals surface area contributed by atoms with Crippen molar-refractivity contribution in [2.75, 3.05) is 40.0 Å². The molecular weight excluding hydrogens is 360 g/mol. The maximum atomic E-state index is 9.47. The lowest BCUT2D eigenvalue weighted by molar-refractivity contribution is -0.937. The Balaban J connectivity index is 1.74.